The number of hydrogen-bond donors (Lipinski definition) is 0. The Morgan fingerprint density at radius 2 is 1.97 bits per heavy atom. The van der Waals surface area contributed by atoms with Crippen LogP contribution in [0.5, 0.6) is 0 Å². The van der Waals surface area contributed by atoms with Gasteiger partial charge in [-0.2, -0.15) is 0 Å². The van der Waals surface area contributed by atoms with Crippen molar-refractivity contribution in [3.8, 4) is 10.6 Å². The molecule has 2 fully saturated rings. The average molecular weight is 413 g/mol. The lowest BCUT2D eigenvalue weighted by Crippen LogP contribution is -2.49. The van der Waals surface area contributed by atoms with Crippen LogP contribution < -0.4 is 9.80 Å². The van der Waals surface area contributed by atoms with Gasteiger partial charge < -0.3 is 4.90 Å². The fourth-order valence-corrected chi connectivity index (χ4v) is 4.56. The molecule has 0 N–H and O–H groups in total. The maximum atomic E-state index is 13.4. The number of nitrogens with zero attached hydrogens (tertiary/aromatic N) is 7. The lowest BCUT2D eigenvalue weighted by Gasteiger charge is -2.31. The van der Waals surface area contributed by atoms with Gasteiger partial charge in [-0.15, -0.1) is 11.3 Å². The minimum Gasteiger partial charge on any atom is -0.338 e. The first-order chi connectivity index (χ1) is 14.1. The minimum absolute atomic E-state index is 0.0526. The first-order valence-corrected chi connectivity index (χ1v) is 10.4. The topological polar surface area (TPSA) is 78.3 Å². The van der Waals surface area contributed by atoms with Crippen LogP contribution in [0.1, 0.15) is 6.42 Å². The van der Waals surface area contributed by atoms with Crippen LogP contribution in [0.3, 0.4) is 0 Å². The second-order valence-electron chi connectivity index (χ2n) is 7.42. The van der Waals surface area contributed by atoms with Gasteiger partial charge in [0.05, 0.1) is 24.0 Å². The second-order valence-corrected chi connectivity index (χ2v) is 8.45. The van der Waals surface area contributed by atoms with Gasteiger partial charge in [0.25, 0.3) is 0 Å². The first kappa shape index (κ1) is 18.3. The number of amides is 1. The van der Waals surface area contributed by atoms with Gasteiger partial charge in [0, 0.05) is 43.7 Å². The molecule has 150 valence electrons. The van der Waals surface area contributed by atoms with E-state index in [1.807, 2.05) is 22.9 Å². The van der Waals surface area contributed by atoms with E-state index in [4.69, 9.17) is 0 Å². The molecule has 0 aliphatic carbocycles. The third-order valence-corrected chi connectivity index (χ3v) is 6.31. The van der Waals surface area contributed by atoms with Crippen LogP contribution in [0.15, 0.2) is 24.7 Å². The third-order valence-electron chi connectivity index (χ3n) is 5.25. The van der Waals surface area contributed by atoms with E-state index in [1.165, 1.54) is 11.3 Å². The number of rotatable bonds is 3. The summed E-state index contributed by atoms with van der Waals surface area (Å²) in [5.74, 6) is 1.26. The number of alkyl halides is 1. The summed E-state index contributed by atoms with van der Waals surface area (Å²) in [6.07, 6.45) is 4.87. The summed E-state index contributed by atoms with van der Waals surface area (Å²) >= 11 is 1.52. The number of anilines is 2. The van der Waals surface area contributed by atoms with Gasteiger partial charge in [-0.3, -0.25) is 14.6 Å². The second kappa shape index (κ2) is 7.27. The summed E-state index contributed by atoms with van der Waals surface area (Å²) in [6, 6.07) is 1.92. The Morgan fingerprint density at radius 3 is 2.69 bits per heavy atom. The van der Waals surface area contributed by atoms with Crippen molar-refractivity contribution in [2.24, 2.45) is 0 Å². The highest BCUT2D eigenvalue weighted by Gasteiger charge is 2.25. The molecule has 1 amide bonds. The molecule has 29 heavy (non-hydrogen) atoms. The van der Waals surface area contributed by atoms with E-state index in [0.717, 1.165) is 27.3 Å². The van der Waals surface area contributed by atoms with Crippen molar-refractivity contribution in [1.29, 1.82) is 0 Å². The van der Waals surface area contributed by atoms with Crippen LogP contribution in [-0.4, -0.2) is 76.7 Å². The van der Waals surface area contributed by atoms with E-state index < -0.39 is 6.17 Å². The maximum Gasteiger partial charge on any atom is 0.242 e. The van der Waals surface area contributed by atoms with Crippen LogP contribution in [0.25, 0.3) is 20.8 Å². The largest absolute Gasteiger partial charge is 0.338 e. The molecule has 1 atom stereocenters. The molecule has 0 radical (unpaired) electrons. The van der Waals surface area contributed by atoms with Crippen molar-refractivity contribution >= 4 is 39.2 Å². The summed E-state index contributed by atoms with van der Waals surface area (Å²) in [7, 11) is 1.94. The van der Waals surface area contributed by atoms with Gasteiger partial charge >= 0.3 is 0 Å². The Balaban J connectivity index is 1.39. The predicted octanol–water partition coefficient (Wildman–Crippen LogP) is 1.97. The van der Waals surface area contributed by atoms with Crippen molar-refractivity contribution in [2.45, 2.75) is 12.6 Å². The van der Waals surface area contributed by atoms with Crippen LogP contribution in [-0.2, 0) is 4.79 Å². The molecule has 2 saturated heterocycles. The summed E-state index contributed by atoms with van der Waals surface area (Å²) in [5.41, 5.74) is 1.59. The van der Waals surface area contributed by atoms with E-state index in [2.05, 4.69) is 19.9 Å². The first-order valence-electron chi connectivity index (χ1n) is 9.54. The number of hydrogen-bond acceptors (Lipinski definition) is 8. The standard InChI is InChI=1S/C19H20FN7OS/c1-25-4-5-27(17(28)11-25)16-6-15-14(9-21-16)24-18(29-15)12-7-22-19(23-8-12)26-3-2-13(20)10-26/h6-9,13H,2-5,10-11H2,1H3/t13-/m1/s1. The number of piperazine rings is 1. The monoisotopic (exact) mass is 413 g/mol. The molecule has 10 heteroatoms. The van der Waals surface area contributed by atoms with Gasteiger partial charge in [0.1, 0.15) is 22.5 Å². The maximum absolute atomic E-state index is 13.4. The van der Waals surface area contributed by atoms with E-state index in [0.29, 0.717) is 44.4 Å². The molecule has 0 unspecified atom stereocenters. The highest BCUT2D eigenvalue weighted by Crippen LogP contribution is 2.32. The highest BCUT2D eigenvalue weighted by atomic mass is 32.1. The molecule has 0 saturated carbocycles. The number of likely N-dealkylation sites (N-methyl/N-ethyl adjacent to an activating group) is 1. The molecule has 0 spiro atoms. The summed E-state index contributed by atoms with van der Waals surface area (Å²) in [6.45, 7) is 2.84. The SMILES string of the molecule is CN1CCN(c2cc3sc(-c4cnc(N5CC[C@@H](F)C5)nc4)nc3cn2)C(=O)C1. The van der Waals surface area contributed by atoms with Crippen LogP contribution >= 0.6 is 11.3 Å². The minimum atomic E-state index is -0.809. The quantitative estimate of drug-likeness (QED) is 0.650. The molecule has 8 nitrogen and oxygen atoms in total. The number of aromatic nitrogens is 4. The number of halogens is 1. The predicted molar refractivity (Wildman–Crippen MR) is 110 cm³/mol. The summed E-state index contributed by atoms with van der Waals surface area (Å²) in [4.78, 5) is 35.8. The molecule has 5 heterocycles. The van der Waals surface area contributed by atoms with E-state index in [-0.39, 0.29) is 5.91 Å². The highest BCUT2D eigenvalue weighted by molar-refractivity contribution is 7.21. The van der Waals surface area contributed by atoms with Crippen LogP contribution in [0, 0.1) is 0 Å². The average Bonchev–Trinajstić information content (AvgIpc) is 3.34. The van der Waals surface area contributed by atoms with Gasteiger partial charge in [-0.25, -0.2) is 24.3 Å². The lowest BCUT2D eigenvalue weighted by atomic mass is 10.3. The molecule has 3 aromatic rings. The fourth-order valence-electron chi connectivity index (χ4n) is 3.62. The van der Waals surface area contributed by atoms with Crippen LogP contribution in [0.2, 0.25) is 0 Å². The zero-order valence-electron chi connectivity index (χ0n) is 16.0. The van der Waals surface area contributed by atoms with Crippen molar-refractivity contribution in [3.63, 3.8) is 0 Å². The number of pyridine rings is 1. The van der Waals surface area contributed by atoms with Gasteiger partial charge in [0.15, 0.2) is 0 Å². The Bertz CT molecular complexity index is 1060. The lowest BCUT2D eigenvalue weighted by molar-refractivity contribution is -0.120. The Kier molecular flexibility index (Phi) is 4.59. The molecule has 3 aromatic heterocycles. The summed E-state index contributed by atoms with van der Waals surface area (Å²) in [5, 5.41) is 0.792. The molecule has 2 aliphatic heterocycles. The Morgan fingerprint density at radius 1 is 1.14 bits per heavy atom. The Labute approximate surface area is 171 Å². The zero-order valence-corrected chi connectivity index (χ0v) is 16.8. The van der Waals surface area contributed by atoms with Crippen LogP contribution in [0.4, 0.5) is 16.2 Å². The van der Waals surface area contributed by atoms with Crippen molar-refractivity contribution < 1.29 is 9.18 Å². The third kappa shape index (κ3) is 3.53. The zero-order chi connectivity index (χ0) is 20.0. The molecular formula is C19H20FN7OS. The van der Waals surface area contributed by atoms with Crippen molar-refractivity contribution in [2.75, 3.05) is 49.6 Å². The number of fused-ring (bicyclic) bond motifs is 1. The number of carbonyl (C=O) groups is 1. The van der Waals surface area contributed by atoms with Crippen molar-refractivity contribution in [3.05, 3.63) is 24.7 Å². The normalized spacial score (nSPS) is 20.8. The molecule has 0 bridgehead atoms. The molecule has 2 aliphatic rings. The van der Waals surface area contributed by atoms with E-state index in [9.17, 15) is 9.18 Å². The number of thiazole rings is 1. The van der Waals surface area contributed by atoms with Gasteiger partial charge in [0.2, 0.25) is 11.9 Å². The van der Waals surface area contributed by atoms with Crippen molar-refractivity contribution in [1.82, 2.24) is 24.8 Å². The van der Waals surface area contributed by atoms with E-state index >= 15 is 0 Å². The summed E-state index contributed by atoms with van der Waals surface area (Å²) < 4.78 is 14.4. The van der Waals surface area contributed by atoms with Gasteiger partial charge in [-0.1, -0.05) is 0 Å². The Hall–Kier alpha value is -2.72. The van der Waals surface area contributed by atoms with E-state index in [1.54, 1.807) is 23.5 Å². The van der Waals surface area contributed by atoms with Gasteiger partial charge in [-0.05, 0) is 13.5 Å². The number of carbonyl (C=O) groups excluding carboxylic acids is 1. The molecular weight excluding hydrogens is 393 g/mol. The fraction of sp³-hybridized carbons (Fsp3) is 0.421. The smallest absolute Gasteiger partial charge is 0.242 e. The molecule has 0 aromatic carbocycles. The molecule has 5 rings (SSSR count).